The molecule has 3 rings (SSSR count). The Balaban J connectivity index is 1.87. The molecule has 1 aliphatic heterocycles. The van der Waals surface area contributed by atoms with Crippen LogP contribution in [0, 0.1) is 0 Å². The molecule has 0 bridgehead atoms. The van der Waals surface area contributed by atoms with E-state index in [1.807, 2.05) is 6.92 Å². The largest absolute Gasteiger partial charge is 0.497 e. The molecule has 1 aromatic carbocycles. The number of methoxy groups -OCH3 is 1. The number of nitrogens with zero attached hydrogens (tertiary/aromatic N) is 2. The molecule has 9 nitrogen and oxygen atoms in total. The van der Waals surface area contributed by atoms with Crippen LogP contribution >= 0.6 is 0 Å². The first-order chi connectivity index (χ1) is 15.0. The molecule has 31 heavy (non-hydrogen) atoms. The van der Waals surface area contributed by atoms with Gasteiger partial charge in [-0.15, -0.1) is 0 Å². The number of hydrogen-bond donors (Lipinski definition) is 2. The number of ether oxygens (including phenoxy) is 3. The zero-order valence-electron chi connectivity index (χ0n) is 17.9. The van der Waals surface area contributed by atoms with E-state index in [0.29, 0.717) is 12.4 Å². The minimum atomic E-state index is -1.31. The molecule has 0 unspecified atom stereocenters. The third-order valence-electron chi connectivity index (χ3n) is 5.63. The Hall–Kier alpha value is -2.46. The Labute approximate surface area is 180 Å². The molecule has 9 heteroatoms. The number of unbranched alkanes of at least 4 members (excludes halogenated alkanes) is 1. The topological polar surface area (TPSA) is 112 Å². The molecule has 0 aliphatic carbocycles. The first-order valence-corrected chi connectivity index (χ1v) is 10.4. The summed E-state index contributed by atoms with van der Waals surface area (Å²) in [6.07, 6.45) is 2.08. The fourth-order valence-electron chi connectivity index (χ4n) is 3.69. The highest BCUT2D eigenvalue weighted by atomic mass is 16.6. The van der Waals surface area contributed by atoms with Crippen LogP contribution in [0.2, 0.25) is 0 Å². The predicted molar refractivity (Wildman–Crippen MR) is 113 cm³/mol. The minimum absolute atomic E-state index is 0.0940. The molecule has 1 fully saturated rings. The van der Waals surface area contributed by atoms with Gasteiger partial charge in [0.1, 0.15) is 17.6 Å². The summed E-state index contributed by atoms with van der Waals surface area (Å²) in [7, 11) is 1.56. The Kier molecular flexibility index (Phi) is 7.66. The monoisotopic (exact) mass is 434 g/mol. The van der Waals surface area contributed by atoms with Gasteiger partial charge in [0, 0.05) is 25.3 Å². The van der Waals surface area contributed by atoms with Crippen molar-refractivity contribution in [3.05, 3.63) is 62.9 Å². The van der Waals surface area contributed by atoms with E-state index in [2.05, 4.69) is 0 Å². The molecular formula is C22H30N2O7. The average molecular weight is 434 g/mol. The summed E-state index contributed by atoms with van der Waals surface area (Å²) in [5.74, 6) is 0.680. The third-order valence-corrected chi connectivity index (χ3v) is 5.63. The van der Waals surface area contributed by atoms with E-state index in [4.69, 9.17) is 14.2 Å². The van der Waals surface area contributed by atoms with Crippen molar-refractivity contribution in [1.82, 2.24) is 9.13 Å². The molecule has 2 heterocycles. The van der Waals surface area contributed by atoms with Gasteiger partial charge >= 0.3 is 5.69 Å². The Morgan fingerprint density at radius 2 is 1.87 bits per heavy atom. The van der Waals surface area contributed by atoms with Crippen molar-refractivity contribution >= 4 is 0 Å². The Morgan fingerprint density at radius 3 is 2.48 bits per heavy atom. The fourth-order valence-corrected chi connectivity index (χ4v) is 3.69. The van der Waals surface area contributed by atoms with Gasteiger partial charge in [-0.25, -0.2) is 4.79 Å². The van der Waals surface area contributed by atoms with E-state index in [9.17, 15) is 19.8 Å². The van der Waals surface area contributed by atoms with Crippen LogP contribution in [0.15, 0.2) is 46.1 Å². The number of aliphatic hydroxyl groups is 2. The predicted octanol–water partition coefficient (Wildman–Crippen LogP) is 0.894. The second kappa shape index (κ2) is 10.2. The van der Waals surface area contributed by atoms with E-state index < -0.39 is 42.4 Å². The average Bonchev–Trinajstić information content (AvgIpc) is 3.16. The maximum atomic E-state index is 13.1. The molecular weight excluding hydrogens is 404 g/mol. The van der Waals surface area contributed by atoms with Crippen LogP contribution in [0.25, 0.3) is 0 Å². The van der Waals surface area contributed by atoms with Crippen LogP contribution in [0.5, 0.6) is 5.75 Å². The molecule has 2 atom stereocenters. The maximum Gasteiger partial charge on any atom is 0.333 e. The summed E-state index contributed by atoms with van der Waals surface area (Å²) in [5, 5.41) is 19.8. The zero-order valence-corrected chi connectivity index (χ0v) is 17.9. The summed E-state index contributed by atoms with van der Waals surface area (Å²) in [6, 6.07) is 8.40. The number of hydrogen-bond acceptors (Lipinski definition) is 7. The van der Waals surface area contributed by atoms with Gasteiger partial charge in [0.05, 0.1) is 33.0 Å². The van der Waals surface area contributed by atoms with Gasteiger partial charge in [-0.1, -0.05) is 25.5 Å². The summed E-state index contributed by atoms with van der Waals surface area (Å²) in [5.41, 5.74) is -1.51. The van der Waals surface area contributed by atoms with E-state index in [-0.39, 0.29) is 13.0 Å². The quantitative estimate of drug-likeness (QED) is 0.534. The molecule has 1 saturated heterocycles. The highest BCUT2D eigenvalue weighted by molar-refractivity contribution is 5.27. The van der Waals surface area contributed by atoms with Crippen LogP contribution in [0.1, 0.15) is 38.0 Å². The summed E-state index contributed by atoms with van der Waals surface area (Å²) < 4.78 is 19.4. The van der Waals surface area contributed by atoms with Crippen molar-refractivity contribution in [1.29, 1.82) is 0 Å². The second-order valence-corrected chi connectivity index (χ2v) is 7.68. The van der Waals surface area contributed by atoms with Crippen molar-refractivity contribution in [2.24, 2.45) is 0 Å². The van der Waals surface area contributed by atoms with Crippen LogP contribution in [-0.4, -0.2) is 58.0 Å². The van der Waals surface area contributed by atoms with E-state index in [1.165, 1.54) is 16.8 Å². The number of benzene rings is 1. The maximum absolute atomic E-state index is 13.1. The summed E-state index contributed by atoms with van der Waals surface area (Å²) >= 11 is 0. The number of aliphatic hydroxyl groups excluding tert-OH is 2. The van der Waals surface area contributed by atoms with E-state index >= 15 is 0 Å². The molecule has 2 N–H and O–H groups in total. The second-order valence-electron chi connectivity index (χ2n) is 7.68. The van der Waals surface area contributed by atoms with Crippen molar-refractivity contribution in [3.63, 3.8) is 0 Å². The van der Waals surface area contributed by atoms with Crippen molar-refractivity contribution in [2.75, 3.05) is 26.9 Å². The number of aromatic nitrogens is 2. The fraction of sp³-hybridized carbons (Fsp3) is 0.545. The zero-order chi connectivity index (χ0) is 22.4. The highest BCUT2D eigenvalue weighted by Gasteiger charge is 2.50. The standard InChI is InChI=1S/C22H30N2O7/c1-3-4-11-30-18-12-20(31-22(18,14-25)15-26)23-10-9-19(27)24(21(23)28)13-16-5-7-17(29-2)8-6-16/h5-10,18,20,25-26H,3-4,11-15H2,1-2H3/t18-,20+/m0/s1. The van der Waals surface area contributed by atoms with Gasteiger partial charge in [0.25, 0.3) is 5.56 Å². The van der Waals surface area contributed by atoms with Gasteiger partial charge in [-0.05, 0) is 24.1 Å². The lowest BCUT2D eigenvalue weighted by Crippen LogP contribution is -2.48. The van der Waals surface area contributed by atoms with Crippen molar-refractivity contribution < 1.29 is 24.4 Å². The molecule has 0 saturated carbocycles. The molecule has 170 valence electrons. The van der Waals surface area contributed by atoms with Crippen molar-refractivity contribution in [3.8, 4) is 5.75 Å². The molecule has 0 amide bonds. The molecule has 0 spiro atoms. The van der Waals surface area contributed by atoms with Crippen LogP contribution in [0.4, 0.5) is 0 Å². The highest BCUT2D eigenvalue weighted by Crippen LogP contribution is 2.37. The van der Waals surface area contributed by atoms with Gasteiger partial charge in [0.2, 0.25) is 0 Å². The third kappa shape index (κ3) is 4.90. The first kappa shape index (κ1) is 23.2. The Morgan fingerprint density at radius 1 is 1.16 bits per heavy atom. The lowest BCUT2D eigenvalue weighted by Gasteiger charge is -2.30. The molecule has 1 aliphatic rings. The smallest absolute Gasteiger partial charge is 0.333 e. The van der Waals surface area contributed by atoms with E-state index in [0.717, 1.165) is 23.0 Å². The van der Waals surface area contributed by atoms with Gasteiger partial charge in [0.15, 0.2) is 0 Å². The summed E-state index contributed by atoms with van der Waals surface area (Å²) in [4.78, 5) is 25.5. The van der Waals surface area contributed by atoms with Gasteiger partial charge < -0.3 is 24.4 Å². The molecule has 2 aromatic rings. The molecule has 1 aromatic heterocycles. The van der Waals surface area contributed by atoms with Crippen LogP contribution in [-0.2, 0) is 16.0 Å². The lowest BCUT2D eigenvalue weighted by molar-refractivity contribution is -0.161. The van der Waals surface area contributed by atoms with Crippen LogP contribution < -0.4 is 16.0 Å². The first-order valence-electron chi connectivity index (χ1n) is 10.4. The lowest BCUT2D eigenvalue weighted by atomic mass is 9.98. The Bertz CT molecular complexity index is 963. The number of rotatable bonds is 10. The normalized spacial score (nSPS) is 20.1. The van der Waals surface area contributed by atoms with Crippen molar-refractivity contribution in [2.45, 2.75) is 50.7 Å². The van der Waals surface area contributed by atoms with E-state index in [1.54, 1.807) is 31.4 Å². The van der Waals surface area contributed by atoms with Gasteiger partial charge in [-0.3, -0.25) is 13.9 Å². The summed E-state index contributed by atoms with van der Waals surface area (Å²) in [6.45, 7) is 1.70. The van der Waals surface area contributed by atoms with Crippen LogP contribution in [0.3, 0.4) is 0 Å². The minimum Gasteiger partial charge on any atom is -0.497 e. The SMILES string of the molecule is CCCCO[C@H]1C[C@H](n2ccc(=O)n(Cc3ccc(OC)cc3)c2=O)OC1(CO)CO. The van der Waals surface area contributed by atoms with Gasteiger partial charge in [-0.2, -0.15) is 0 Å². The molecule has 0 radical (unpaired) electrons.